The zero-order chi connectivity index (χ0) is 16.2. The third-order valence-electron chi connectivity index (χ3n) is 3.32. The van der Waals surface area contributed by atoms with E-state index in [-0.39, 0.29) is 18.0 Å². The Labute approximate surface area is 136 Å². The van der Waals surface area contributed by atoms with Crippen molar-refractivity contribution in [2.45, 2.75) is 13.5 Å². The molecule has 3 rings (SSSR count). The predicted octanol–water partition coefficient (Wildman–Crippen LogP) is 1.92. The van der Waals surface area contributed by atoms with Gasteiger partial charge in [0.2, 0.25) is 0 Å². The summed E-state index contributed by atoms with van der Waals surface area (Å²) in [6.45, 7) is 1.84. The lowest BCUT2D eigenvalue weighted by atomic mass is 10.2. The number of amides is 1. The van der Waals surface area contributed by atoms with Crippen molar-refractivity contribution in [3.05, 3.63) is 62.8 Å². The van der Waals surface area contributed by atoms with Gasteiger partial charge in [0.05, 0.1) is 23.4 Å². The largest absolute Gasteiger partial charge is 0.289 e. The van der Waals surface area contributed by atoms with Crippen molar-refractivity contribution in [3.63, 3.8) is 0 Å². The van der Waals surface area contributed by atoms with Crippen molar-refractivity contribution >= 4 is 34.4 Å². The van der Waals surface area contributed by atoms with Crippen LogP contribution in [0.2, 0.25) is 0 Å². The molecule has 2 aromatic heterocycles. The van der Waals surface area contributed by atoms with E-state index >= 15 is 0 Å². The topological polar surface area (TPSA) is 76.3 Å². The molecule has 2 heterocycles. The Morgan fingerprint density at radius 3 is 3.00 bits per heavy atom. The van der Waals surface area contributed by atoms with Crippen LogP contribution >= 0.6 is 11.3 Å². The van der Waals surface area contributed by atoms with E-state index in [0.29, 0.717) is 10.9 Å². The smallest absolute Gasteiger partial charge is 0.261 e. The molecule has 7 heteroatoms. The molecule has 0 unspecified atom stereocenters. The third kappa shape index (κ3) is 3.35. The summed E-state index contributed by atoms with van der Waals surface area (Å²) < 4.78 is 1.27. The van der Waals surface area contributed by atoms with Gasteiger partial charge in [0, 0.05) is 4.88 Å². The molecular weight excluding hydrogens is 312 g/mol. The van der Waals surface area contributed by atoms with Crippen molar-refractivity contribution in [3.8, 4) is 0 Å². The van der Waals surface area contributed by atoms with Crippen LogP contribution in [0.4, 0.5) is 0 Å². The van der Waals surface area contributed by atoms with E-state index in [1.165, 1.54) is 10.9 Å². The molecule has 0 aliphatic heterocycles. The number of carbonyl (C=O) groups excluding carboxylic acids is 1. The maximum absolute atomic E-state index is 12.3. The number of fused-ring (bicyclic) bond motifs is 1. The van der Waals surface area contributed by atoms with Crippen molar-refractivity contribution in [1.82, 2.24) is 15.0 Å². The number of nitrogens with zero attached hydrogens (tertiary/aromatic N) is 3. The lowest BCUT2D eigenvalue weighted by molar-refractivity contribution is -0.121. The number of thiophene rings is 1. The summed E-state index contributed by atoms with van der Waals surface area (Å²) in [7, 11) is 0. The van der Waals surface area contributed by atoms with Gasteiger partial charge in [-0.15, -0.1) is 11.3 Å². The van der Waals surface area contributed by atoms with Crippen LogP contribution in [0.15, 0.2) is 51.9 Å². The van der Waals surface area contributed by atoms with Crippen molar-refractivity contribution < 1.29 is 4.79 Å². The highest BCUT2D eigenvalue weighted by Gasteiger charge is 2.07. The predicted molar refractivity (Wildman–Crippen MR) is 90.8 cm³/mol. The average Bonchev–Trinajstić information content (AvgIpc) is 2.96. The monoisotopic (exact) mass is 326 g/mol. The Balaban J connectivity index is 1.71. The maximum Gasteiger partial charge on any atom is 0.261 e. The van der Waals surface area contributed by atoms with Crippen LogP contribution in [-0.4, -0.2) is 21.7 Å². The summed E-state index contributed by atoms with van der Waals surface area (Å²) in [6.07, 6.45) is 2.97. The lowest BCUT2D eigenvalue weighted by Crippen LogP contribution is -2.30. The fourth-order valence-corrected chi connectivity index (χ4v) is 2.87. The summed E-state index contributed by atoms with van der Waals surface area (Å²) in [5.74, 6) is -0.380. The van der Waals surface area contributed by atoms with Crippen LogP contribution in [-0.2, 0) is 11.3 Å². The number of aryl methyl sites for hydroxylation is 1. The summed E-state index contributed by atoms with van der Waals surface area (Å²) in [5, 5.41) is 6.36. The van der Waals surface area contributed by atoms with E-state index in [1.807, 2.05) is 24.4 Å². The Kier molecular flexibility index (Phi) is 4.29. The van der Waals surface area contributed by atoms with Crippen molar-refractivity contribution in [1.29, 1.82) is 0 Å². The molecule has 0 atom stereocenters. The highest BCUT2D eigenvalue weighted by atomic mass is 32.1. The molecule has 23 heavy (non-hydrogen) atoms. The van der Waals surface area contributed by atoms with Gasteiger partial charge in [-0.05, 0) is 36.1 Å². The van der Waals surface area contributed by atoms with Crippen molar-refractivity contribution in [2.75, 3.05) is 0 Å². The number of nitrogens with one attached hydrogen (secondary N) is 1. The molecule has 0 spiro atoms. The Morgan fingerprint density at radius 1 is 1.39 bits per heavy atom. The molecule has 0 radical (unpaired) electrons. The number of para-hydroxylation sites is 1. The molecule has 1 amide bonds. The van der Waals surface area contributed by atoms with Gasteiger partial charge in [0.1, 0.15) is 6.54 Å². The van der Waals surface area contributed by atoms with E-state index in [2.05, 4.69) is 15.5 Å². The molecule has 0 fully saturated rings. The molecule has 1 N–H and O–H groups in total. The molecule has 116 valence electrons. The molecule has 1 aromatic carbocycles. The second kappa shape index (κ2) is 6.53. The van der Waals surface area contributed by atoms with Crippen LogP contribution < -0.4 is 11.0 Å². The van der Waals surface area contributed by atoms with Gasteiger partial charge < -0.3 is 0 Å². The van der Waals surface area contributed by atoms with Gasteiger partial charge in [0.25, 0.3) is 11.5 Å². The summed E-state index contributed by atoms with van der Waals surface area (Å²) >= 11 is 1.54. The van der Waals surface area contributed by atoms with E-state index < -0.39 is 0 Å². The normalized spacial score (nSPS) is 11.2. The van der Waals surface area contributed by atoms with Crippen LogP contribution in [0, 0.1) is 6.92 Å². The first-order valence-corrected chi connectivity index (χ1v) is 7.83. The summed E-state index contributed by atoms with van der Waals surface area (Å²) in [6, 6.07) is 9.01. The number of hydrazone groups is 1. The zero-order valence-corrected chi connectivity index (χ0v) is 13.2. The molecule has 6 nitrogen and oxygen atoms in total. The van der Waals surface area contributed by atoms with Crippen LogP contribution in [0.1, 0.15) is 10.4 Å². The van der Waals surface area contributed by atoms with Crippen LogP contribution in [0.25, 0.3) is 10.9 Å². The fourth-order valence-electron chi connectivity index (χ4n) is 2.09. The minimum Gasteiger partial charge on any atom is -0.289 e. The minimum absolute atomic E-state index is 0.128. The van der Waals surface area contributed by atoms with Gasteiger partial charge in [-0.3, -0.25) is 14.2 Å². The second-order valence-corrected chi connectivity index (χ2v) is 5.90. The quantitative estimate of drug-likeness (QED) is 0.588. The van der Waals surface area contributed by atoms with Crippen LogP contribution in [0.5, 0.6) is 0 Å². The number of hydrogen-bond donors (Lipinski definition) is 1. The highest BCUT2D eigenvalue weighted by molar-refractivity contribution is 7.11. The molecule has 0 bridgehead atoms. The first-order valence-electron chi connectivity index (χ1n) is 6.95. The van der Waals surface area contributed by atoms with Crippen LogP contribution in [0.3, 0.4) is 0 Å². The van der Waals surface area contributed by atoms with E-state index in [9.17, 15) is 9.59 Å². The maximum atomic E-state index is 12.3. The second-order valence-electron chi connectivity index (χ2n) is 4.96. The molecule has 0 aliphatic rings. The number of carbonyl (C=O) groups is 1. The van der Waals surface area contributed by atoms with Gasteiger partial charge in [-0.2, -0.15) is 5.10 Å². The van der Waals surface area contributed by atoms with E-state index in [1.54, 1.807) is 35.8 Å². The lowest BCUT2D eigenvalue weighted by Gasteiger charge is -2.05. The number of rotatable bonds is 4. The molecule has 0 saturated carbocycles. The zero-order valence-electron chi connectivity index (χ0n) is 12.4. The van der Waals surface area contributed by atoms with Crippen molar-refractivity contribution in [2.24, 2.45) is 5.10 Å². The van der Waals surface area contributed by atoms with Gasteiger partial charge in [-0.25, -0.2) is 10.4 Å². The Hall–Kier alpha value is -2.80. The molecule has 0 aliphatic carbocycles. The highest BCUT2D eigenvalue weighted by Crippen LogP contribution is 2.12. The standard InChI is InChI=1S/C16H14N4O2S/c1-11-6-7-23-14(11)8-18-19-15(21)9-20-10-17-13-5-3-2-4-12(13)16(20)22/h2-8,10H,9H2,1H3,(H,19,21). The van der Waals surface area contributed by atoms with Gasteiger partial charge >= 0.3 is 0 Å². The number of hydrogen-bond acceptors (Lipinski definition) is 5. The first kappa shape index (κ1) is 15.1. The Morgan fingerprint density at radius 2 is 2.22 bits per heavy atom. The molecular formula is C16H14N4O2S. The summed E-state index contributed by atoms with van der Waals surface area (Å²) in [5.41, 5.74) is 3.89. The minimum atomic E-state index is -0.380. The van der Waals surface area contributed by atoms with Gasteiger partial charge in [0.15, 0.2) is 0 Å². The fraction of sp³-hybridized carbons (Fsp3) is 0.125. The molecule has 0 saturated heterocycles. The van der Waals surface area contributed by atoms with Gasteiger partial charge in [-0.1, -0.05) is 12.1 Å². The van der Waals surface area contributed by atoms with E-state index in [4.69, 9.17) is 0 Å². The molecule has 3 aromatic rings. The third-order valence-corrected chi connectivity index (χ3v) is 4.27. The van der Waals surface area contributed by atoms with E-state index in [0.717, 1.165) is 10.4 Å². The number of aromatic nitrogens is 2. The first-order chi connectivity index (χ1) is 11.1. The average molecular weight is 326 g/mol. The Bertz CT molecular complexity index is 942. The number of benzene rings is 1. The summed E-state index contributed by atoms with van der Waals surface area (Å²) in [4.78, 5) is 29.3. The SMILES string of the molecule is Cc1ccsc1C=NNC(=O)Cn1cnc2ccccc2c1=O.